The highest BCUT2D eigenvalue weighted by atomic mass is 32.2. The fourth-order valence-electron chi connectivity index (χ4n) is 2.34. The maximum atomic E-state index is 12.3. The van der Waals surface area contributed by atoms with Gasteiger partial charge in [0.05, 0.1) is 0 Å². The first-order valence-electron chi connectivity index (χ1n) is 6.87. The van der Waals surface area contributed by atoms with Gasteiger partial charge in [-0.25, -0.2) is 0 Å². The molecule has 2 amide bonds. The number of anilines is 1. The number of rotatable bonds is 6. The highest BCUT2D eigenvalue weighted by molar-refractivity contribution is 7.98. The largest absolute Gasteiger partial charge is 0.355 e. The van der Waals surface area contributed by atoms with Crippen LogP contribution in [0.25, 0.3) is 0 Å². The number of thioether (sulfide) groups is 1. The summed E-state index contributed by atoms with van der Waals surface area (Å²) in [5.41, 5.74) is 0.871. The number of nitrogens with one attached hydrogen (secondary N) is 1. The summed E-state index contributed by atoms with van der Waals surface area (Å²) < 4.78 is 0. The van der Waals surface area contributed by atoms with Crippen LogP contribution >= 0.6 is 11.8 Å². The molecule has 0 bridgehead atoms. The molecule has 1 saturated heterocycles. The Morgan fingerprint density at radius 1 is 1.40 bits per heavy atom. The van der Waals surface area contributed by atoms with Crippen molar-refractivity contribution in [1.29, 1.82) is 0 Å². The molecule has 0 radical (unpaired) electrons. The van der Waals surface area contributed by atoms with Crippen molar-refractivity contribution in [2.75, 3.05) is 30.0 Å². The van der Waals surface area contributed by atoms with Crippen molar-refractivity contribution in [2.45, 2.75) is 12.8 Å². The van der Waals surface area contributed by atoms with Crippen molar-refractivity contribution in [1.82, 2.24) is 5.32 Å². The number of carbonyl (C=O) groups is 2. The first-order valence-corrected chi connectivity index (χ1v) is 8.26. The van der Waals surface area contributed by atoms with Gasteiger partial charge in [0.25, 0.3) is 0 Å². The molecule has 1 fully saturated rings. The van der Waals surface area contributed by atoms with Crippen molar-refractivity contribution in [3.8, 4) is 0 Å². The molecule has 5 heteroatoms. The van der Waals surface area contributed by atoms with E-state index in [4.69, 9.17) is 0 Å². The minimum absolute atomic E-state index is 0.0847. The number of nitrogens with zero attached hydrogens (tertiary/aromatic N) is 1. The number of hydrogen-bond donors (Lipinski definition) is 1. The fourth-order valence-corrected chi connectivity index (χ4v) is 2.77. The summed E-state index contributed by atoms with van der Waals surface area (Å²) in [4.78, 5) is 26.0. The minimum atomic E-state index is -0.524. The van der Waals surface area contributed by atoms with Crippen molar-refractivity contribution < 1.29 is 9.59 Å². The van der Waals surface area contributed by atoms with Crippen LogP contribution in [0.1, 0.15) is 12.8 Å². The van der Waals surface area contributed by atoms with Crippen LogP contribution in [0.3, 0.4) is 0 Å². The molecule has 0 aromatic heterocycles. The Bertz CT molecular complexity index is 464. The van der Waals surface area contributed by atoms with E-state index < -0.39 is 5.92 Å². The standard InChI is InChI=1S/C15H20N2O2S/c1-20-11-5-9-16-14(18)13-8-10-17(15(13)19)12-6-3-2-4-7-12/h2-4,6-7,13H,5,8-11H2,1H3,(H,16,18). The quantitative estimate of drug-likeness (QED) is 0.643. The number of hydrogen-bond acceptors (Lipinski definition) is 3. The molecule has 2 rings (SSSR count). The molecule has 108 valence electrons. The number of para-hydroxylation sites is 1. The van der Waals surface area contributed by atoms with Crippen LogP contribution in [-0.4, -0.2) is 36.9 Å². The van der Waals surface area contributed by atoms with Gasteiger partial charge in [-0.1, -0.05) is 18.2 Å². The minimum Gasteiger partial charge on any atom is -0.355 e. The van der Waals surface area contributed by atoms with Crippen LogP contribution in [0.4, 0.5) is 5.69 Å². The van der Waals surface area contributed by atoms with E-state index in [0.29, 0.717) is 19.5 Å². The highest BCUT2D eigenvalue weighted by Gasteiger charge is 2.37. The summed E-state index contributed by atoms with van der Waals surface area (Å²) in [6, 6.07) is 9.52. The lowest BCUT2D eigenvalue weighted by Gasteiger charge is -2.16. The van der Waals surface area contributed by atoms with E-state index >= 15 is 0 Å². The Hall–Kier alpha value is -1.49. The Labute approximate surface area is 123 Å². The highest BCUT2D eigenvalue weighted by Crippen LogP contribution is 2.24. The topological polar surface area (TPSA) is 49.4 Å². The third-order valence-corrected chi connectivity index (χ3v) is 4.11. The summed E-state index contributed by atoms with van der Waals surface area (Å²) in [5, 5.41) is 2.86. The van der Waals surface area contributed by atoms with Crippen LogP contribution in [0, 0.1) is 5.92 Å². The van der Waals surface area contributed by atoms with E-state index in [9.17, 15) is 9.59 Å². The zero-order valence-corrected chi connectivity index (χ0v) is 12.5. The average molecular weight is 292 g/mol. The predicted molar refractivity (Wildman–Crippen MR) is 82.9 cm³/mol. The molecule has 20 heavy (non-hydrogen) atoms. The molecule has 0 spiro atoms. The lowest BCUT2D eigenvalue weighted by molar-refractivity contribution is -0.132. The number of amides is 2. The van der Waals surface area contributed by atoms with Crippen molar-refractivity contribution in [3.63, 3.8) is 0 Å². The second kappa shape index (κ2) is 7.33. The van der Waals surface area contributed by atoms with E-state index in [0.717, 1.165) is 17.9 Å². The SMILES string of the molecule is CSCCCNC(=O)C1CCN(c2ccccc2)C1=O. The third kappa shape index (κ3) is 3.54. The maximum absolute atomic E-state index is 12.3. The number of benzene rings is 1. The zero-order chi connectivity index (χ0) is 14.4. The Balaban J connectivity index is 1.89. The molecule has 1 aliphatic heterocycles. The smallest absolute Gasteiger partial charge is 0.239 e. The lowest BCUT2D eigenvalue weighted by atomic mass is 10.1. The third-order valence-electron chi connectivity index (χ3n) is 3.41. The predicted octanol–water partition coefficient (Wildman–Crippen LogP) is 1.91. The molecule has 1 aliphatic rings. The summed E-state index contributed by atoms with van der Waals surface area (Å²) in [7, 11) is 0. The first kappa shape index (κ1) is 14.9. The molecular weight excluding hydrogens is 272 g/mol. The molecule has 1 heterocycles. The second-order valence-electron chi connectivity index (χ2n) is 4.80. The van der Waals surface area contributed by atoms with Gasteiger partial charge < -0.3 is 10.2 Å². The second-order valence-corrected chi connectivity index (χ2v) is 5.79. The molecule has 0 aliphatic carbocycles. The van der Waals surface area contributed by atoms with Gasteiger partial charge in [-0.3, -0.25) is 9.59 Å². The zero-order valence-electron chi connectivity index (χ0n) is 11.7. The summed E-state index contributed by atoms with van der Waals surface area (Å²) in [6.45, 7) is 1.26. The first-order chi connectivity index (χ1) is 9.74. The van der Waals surface area contributed by atoms with Gasteiger partial charge in [-0.05, 0) is 37.0 Å². The molecule has 1 aromatic carbocycles. The summed E-state index contributed by atoms with van der Waals surface area (Å²) >= 11 is 1.76. The molecule has 0 saturated carbocycles. The van der Waals surface area contributed by atoms with Gasteiger partial charge >= 0.3 is 0 Å². The Kier molecular flexibility index (Phi) is 5.47. The lowest BCUT2D eigenvalue weighted by Crippen LogP contribution is -2.37. The van der Waals surface area contributed by atoms with Crippen LogP contribution < -0.4 is 10.2 Å². The summed E-state index contributed by atoms with van der Waals surface area (Å²) in [6.07, 6.45) is 3.58. The van der Waals surface area contributed by atoms with E-state index in [1.54, 1.807) is 16.7 Å². The van der Waals surface area contributed by atoms with Gasteiger partial charge in [0.2, 0.25) is 11.8 Å². The maximum Gasteiger partial charge on any atom is 0.239 e. The summed E-state index contributed by atoms with van der Waals surface area (Å²) in [5.74, 6) is 0.285. The van der Waals surface area contributed by atoms with Gasteiger partial charge in [0.15, 0.2) is 0 Å². The molecule has 4 nitrogen and oxygen atoms in total. The fraction of sp³-hybridized carbons (Fsp3) is 0.467. The van der Waals surface area contributed by atoms with Crippen molar-refractivity contribution >= 4 is 29.3 Å². The molecule has 1 N–H and O–H groups in total. The van der Waals surface area contributed by atoms with Crippen molar-refractivity contribution in [3.05, 3.63) is 30.3 Å². The molecular formula is C15H20N2O2S. The Morgan fingerprint density at radius 3 is 2.85 bits per heavy atom. The average Bonchev–Trinajstić information content (AvgIpc) is 2.86. The van der Waals surface area contributed by atoms with Crippen molar-refractivity contribution in [2.24, 2.45) is 5.92 Å². The van der Waals surface area contributed by atoms with Gasteiger partial charge in [-0.15, -0.1) is 0 Å². The van der Waals surface area contributed by atoms with E-state index in [1.807, 2.05) is 36.6 Å². The Morgan fingerprint density at radius 2 is 2.15 bits per heavy atom. The van der Waals surface area contributed by atoms with Crippen LogP contribution in [-0.2, 0) is 9.59 Å². The van der Waals surface area contributed by atoms with Crippen LogP contribution in [0.2, 0.25) is 0 Å². The van der Waals surface area contributed by atoms with Gasteiger partial charge in [-0.2, -0.15) is 11.8 Å². The van der Waals surface area contributed by atoms with Gasteiger partial charge in [0, 0.05) is 18.8 Å². The molecule has 1 atom stereocenters. The molecule has 1 unspecified atom stereocenters. The van der Waals surface area contributed by atoms with E-state index in [-0.39, 0.29) is 11.8 Å². The van der Waals surface area contributed by atoms with Crippen LogP contribution in [0.15, 0.2) is 30.3 Å². The van der Waals surface area contributed by atoms with E-state index in [1.165, 1.54) is 0 Å². The monoisotopic (exact) mass is 292 g/mol. The van der Waals surface area contributed by atoms with E-state index in [2.05, 4.69) is 5.32 Å². The van der Waals surface area contributed by atoms with Gasteiger partial charge in [0.1, 0.15) is 5.92 Å². The normalized spacial score (nSPS) is 18.4. The molecule has 1 aromatic rings. The number of carbonyl (C=O) groups excluding carboxylic acids is 2. The van der Waals surface area contributed by atoms with Crippen LogP contribution in [0.5, 0.6) is 0 Å².